The van der Waals surface area contributed by atoms with Gasteiger partial charge in [0.1, 0.15) is 11.4 Å². The Morgan fingerprint density at radius 2 is 2.09 bits per heavy atom. The van der Waals surface area contributed by atoms with Gasteiger partial charge < -0.3 is 9.64 Å². The van der Waals surface area contributed by atoms with Gasteiger partial charge in [-0.2, -0.15) is 0 Å². The summed E-state index contributed by atoms with van der Waals surface area (Å²) in [4.78, 5) is 30.0. The minimum atomic E-state index is -0.574. The molecule has 1 aliphatic heterocycles. The molecule has 1 aromatic rings. The van der Waals surface area contributed by atoms with E-state index in [9.17, 15) is 9.59 Å². The van der Waals surface area contributed by atoms with Crippen LogP contribution in [0.15, 0.2) is 18.3 Å². The Morgan fingerprint density at radius 1 is 1.35 bits per heavy atom. The topological polar surface area (TPSA) is 71.5 Å². The van der Waals surface area contributed by atoms with E-state index >= 15 is 0 Å². The van der Waals surface area contributed by atoms with E-state index in [1.165, 1.54) is 0 Å². The molecule has 0 spiro atoms. The lowest BCUT2D eigenvalue weighted by atomic mass is 9.95. The van der Waals surface area contributed by atoms with Gasteiger partial charge in [0, 0.05) is 25.2 Å². The third-order valence-electron chi connectivity index (χ3n) is 3.72. The zero-order valence-electron chi connectivity index (χ0n) is 14.3. The van der Waals surface area contributed by atoms with Crippen LogP contribution in [0.5, 0.6) is 0 Å². The SMILES string of the molecule is CC(=O)N1CCCC[C@H]1c1cccnc1NC(=O)OC(C)(C)C. The van der Waals surface area contributed by atoms with E-state index in [4.69, 9.17) is 4.74 Å². The molecule has 2 rings (SSSR count). The number of amides is 2. The summed E-state index contributed by atoms with van der Waals surface area (Å²) >= 11 is 0. The third-order valence-corrected chi connectivity index (χ3v) is 3.72. The van der Waals surface area contributed by atoms with Crippen LogP contribution < -0.4 is 5.32 Å². The number of nitrogens with one attached hydrogen (secondary N) is 1. The van der Waals surface area contributed by atoms with E-state index < -0.39 is 11.7 Å². The van der Waals surface area contributed by atoms with Gasteiger partial charge in [0.2, 0.25) is 5.91 Å². The quantitative estimate of drug-likeness (QED) is 0.905. The predicted molar refractivity (Wildman–Crippen MR) is 88.1 cm³/mol. The average molecular weight is 319 g/mol. The number of anilines is 1. The number of piperidine rings is 1. The molecule has 23 heavy (non-hydrogen) atoms. The summed E-state index contributed by atoms with van der Waals surface area (Å²) in [5.41, 5.74) is 0.281. The fraction of sp³-hybridized carbons (Fsp3) is 0.588. The van der Waals surface area contributed by atoms with Gasteiger partial charge in [-0.25, -0.2) is 9.78 Å². The van der Waals surface area contributed by atoms with Gasteiger partial charge in [0.15, 0.2) is 0 Å². The van der Waals surface area contributed by atoms with Crippen LogP contribution in [-0.4, -0.2) is 34.0 Å². The first-order valence-electron chi connectivity index (χ1n) is 8.00. The van der Waals surface area contributed by atoms with E-state index in [1.54, 1.807) is 13.1 Å². The van der Waals surface area contributed by atoms with Crippen molar-refractivity contribution in [2.45, 2.75) is 58.6 Å². The van der Waals surface area contributed by atoms with Crippen molar-refractivity contribution in [2.24, 2.45) is 0 Å². The second-order valence-electron chi connectivity index (χ2n) is 6.79. The molecule has 126 valence electrons. The van der Waals surface area contributed by atoms with Crippen molar-refractivity contribution >= 4 is 17.8 Å². The van der Waals surface area contributed by atoms with Gasteiger partial charge in [-0.1, -0.05) is 6.07 Å². The first kappa shape index (κ1) is 17.2. The molecule has 1 aliphatic rings. The van der Waals surface area contributed by atoms with Gasteiger partial charge in [-0.05, 0) is 46.1 Å². The Labute approximate surface area is 137 Å². The van der Waals surface area contributed by atoms with Crippen molar-refractivity contribution < 1.29 is 14.3 Å². The molecule has 1 saturated heterocycles. The highest BCUT2D eigenvalue weighted by atomic mass is 16.6. The number of hydrogen-bond acceptors (Lipinski definition) is 4. The fourth-order valence-electron chi connectivity index (χ4n) is 2.82. The molecule has 0 bridgehead atoms. The molecule has 1 atom stereocenters. The predicted octanol–water partition coefficient (Wildman–Crippen LogP) is 3.50. The van der Waals surface area contributed by atoms with Crippen LogP contribution in [0.2, 0.25) is 0 Å². The minimum absolute atomic E-state index is 0.0433. The molecule has 2 amide bonds. The standard InChI is InChI=1S/C17H25N3O3/c1-12(21)20-11-6-5-9-14(20)13-8-7-10-18-15(13)19-16(22)23-17(2,3)4/h7-8,10,14H,5-6,9,11H2,1-4H3,(H,18,19,22)/t14-/m0/s1. The number of carbonyl (C=O) groups is 2. The van der Waals surface area contributed by atoms with Crippen LogP contribution in [0.1, 0.15) is 58.6 Å². The number of hydrogen-bond donors (Lipinski definition) is 1. The lowest BCUT2D eigenvalue weighted by molar-refractivity contribution is -0.132. The van der Waals surface area contributed by atoms with Crippen LogP contribution in [0.25, 0.3) is 0 Å². The van der Waals surface area contributed by atoms with E-state index in [2.05, 4.69) is 10.3 Å². The van der Waals surface area contributed by atoms with E-state index in [0.717, 1.165) is 31.4 Å². The molecule has 1 N–H and O–H groups in total. The number of aromatic nitrogens is 1. The molecule has 0 aliphatic carbocycles. The number of rotatable bonds is 2. The van der Waals surface area contributed by atoms with Crippen LogP contribution in [0, 0.1) is 0 Å². The number of likely N-dealkylation sites (tertiary alicyclic amines) is 1. The maximum Gasteiger partial charge on any atom is 0.413 e. The number of nitrogens with zero attached hydrogens (tertiary/aromatic N) is 2. The van der Waals surface area contributed by atoms with E-state index in [0.29, 0.717) is 5.82 Å². The summed E-state index contributed by atoms with van der Waals surface area (Å²) in [6.45, 7) is 7.75. The smallest absolute Gasteiger partial charge is 0.413 e. The summed E-state index contributed by atoms with van der Waals surface area (Å²) < 4.78 is 5.29. The highest BCUT2D eigenvalue weighted by Crippen LogP contribution is 2.34. The first-order chi connectivity index (χ1) is 10.8. The Kier molecular flexibility index (Phi) is 5.23. The van der Waals surface area contributed by atoms with Gasteiger partial charge in [-0.15, -0.1) is 0 Å². The Bertz CT molecular complexity index is 581. The van der Waals surface area contributed by atoms with Crippen molar-refractivity contribution in [1.82, 2.24) is 9.88 Å². The zero-order valence-corrected chi connectivity index (χ0v) is 14.3. The van der Waals surface area contributed by atoms with Crippen molar-refractivity contribution in [3.05, 3.63) is 23.9 Å². The lowest BCUT2D eigenvalue weighted by Crippen LogP contribution is -2.37. The van der Waals surface area contributed by atoms with Gasteiger partial charge in [0.25, 0.3) is 0 Å². The highest BCUT2D eigenvalue weighted by molar-refractivity contribution is 5.85. The molecule has 2 heterocycles. The van der Waals surface area contributed by atoms with E-state index in [-0.39, 0.29) is 11.9 Å². The molecule has 0 aromatic carbocycles. The van der Waals surface area contributed by atoms with Gasteiger partial charge >= 0.3 is 6.09 Å². The summed E-state index contributed by atoms with van der Waals surface area (Å²) in [6.07, 6.45) is 4.01. The normalized spacial score (nSPS) is 18.4. The Balaban J connectivity index is 2.22. The largest absolute Gasteiger partial charge is 0.444 e. The Hall–Kier alpha value is -2.11. The lowest BCUT2D eigenvalue weighted by Gasteiger charge is -2.36. The zero-order chi connectivity index (χ0) is 17.0. The van der Waals surface area contributed by atoms with Crippen LogP contribution in [-0.2, 0) is 9.53 Å². The molecule has 0 unspecified atom stereocenters. The Morgan fingerprint density at radius 3 is 2.74 bits per heavy atom. The molecule has 1 aromatic heterocycles. The summed E-state index contributed by atoms with van der Waals surface area (Å²) in [5, 5.41) is 2.71. The monoisotopic (exact) mass is 319 g/mol. The fourth-order valence-corrected chi connectivity index (χ4v) is 2.82. The van der Waals surface area contributed by atoms with Crippen LogP contribution in [0.3, 0.4) is 0 Å². The van der Waals surface area contributed by atoms with Crippen LogP contribution >= 0.6 is 0 Å². The van der Waals surface area contributed by atoms with Crippen molar-refractivity contribution in [1.29, 1.82) is 0 Å². The van der Waals surface area contributed by atoms with E-state index in [1.807, 2.05) is 37.8 Å². The molecule has 6 nitrogen and oxygen atoms in total. The first-order valence-corrected chi connectivity index (χ1v) is 8.00. The van der Waals surface area contributed by atoms with Gasteiger partial charge in [0.05, 0.1) is 6.04 Å². The summed E-state index contributed by atoms with van der Waals surface area (Å²) in [5.74, 6) is 0.502. The van der Waals surface area contributed by atoms with Crippen molar-refractivity contribution in [2.75, 3.05) is 11.9 Å². The molecule has 6 heteroatoms. The summed E-state index contributed by atoms with van der Waals surface area (Å²) in [6, 6.07) is 3.67. The number of ether oxygens (including phenoxy) is 1. The third kappa shape index (κ3) is 4.68. The number of carbonyl (C=O) groups excluding carboxylic acids is 2. The van der Waals surface area contributed by atoms with Crippen molar-refractivity contribution in [3.8, 4) is 0 Å². The number of pyridine rings is 1. The minimum Gasteiger partial charge on any atom is -0.444 e. The molecular formula is C17H25N3O3. The van der Waals surface area contributed by atoms with Crippen LogP contribution in [0.4, 0.5) is 10.6 Å². The second-order valence-corrected chi connectivity index (χ2v) is 6.79. The second kappa shape index (κ2) is 6.98. The van der Waals surface area contributed by atoms with Gasteiger partial charge in [-0.3, -0.25) is 10.1 Å². The molecule has 1 fully saturated rings. The highest BCUT2D eigenvalue weighted by Gasteiger charge is 2.29. The maximum absolute atomic E-state index is 12.0. The average Bonchev–Trinajstić information content (AvgIpc) is 2.45. The van der Waals surface area contributed by atoms with Crippen molar-refractivity contribution in [3.63, 3.8) is 0 Å². The molecule has 0 saturated carbocycles. The summed E-state index contributed by atoms with van der Waals surface area (Å²) in [7, 11) is 0. The maximum atomic E-state index is 12.0. The molecular weight excluding hydrogens is 294 g/mol. The molecule has 0 radical (unpaired) electrons.